The molecule has 0 aromatic heterocycles. The first-order valence-corrected chi connectivity index (χ1v) is 5.68. The molecular formula is C12H14ClNO2. The molecule has 3 nitrogen and oxygen atoms in total. The Bertz CT molecular complexity index is 373. The van der Waals surface area contributed by atoms with Gasteiger partial charge in [-0.1, -0.05) is 11.6 Å². The molecule has 1 aromatic rings. The van der Waals surface area contributed by atoms with Gasteiger partial charge in [0.15, 0.2) is 6.61 Å². The summed E-state index contributed by atoms with van der Waals surface area (Å²) in [5.41, 5.74) is 0. The van der Waals surface area contributed by atoms with E-state index in [1.807, 2.05) is 7.05 Å². The summed E-state index contributed by atoms with van der Waals surface area (Å²) in [5.74, 6) is 0.694. The van der Waals surface area contributed by atoms with Crippen LogP contribution in [-0.2, 0) is 4.79 Å². The van der Waals surface area contributed by atoms with Crippen LogP contribution >= 0.6 is 11.6 Å². The number of benzene rings is 1. The third kappa shape index (κ3) is 2.89. The highest BCUT2D eigenvalue weighted by Crippen LogP contribution is 2.25. The Morgan fingerprint density at radius 1 is 1.44 bits per heavy atom. The average Bonchev–Trinajstić information content (AvgIpc) is 3.11. The smallest absolute Gasteiger partial charge is 0.260 e. The molecular weight excluding hydrogens is 226 g/mol. The molecule has 1 aromatic carbocycles. The second-order valence-corrected chi connectivity index (χ2v) is 4.41. The van der Waals surface area contributed by atoms with Gasteiger partial charge in [0.1, 0.15) is 5.75 Å². The van der Waals surface area contributed by atoms with Gasteiger partial charge in [0, 0.05) is 18.1 Å². The second kappa shape index (κ2) is 4.74. The maximum atomic E-state index is 11.6. The van der Waals surface area contributed by atoms with Crippen molar-refractivity contribution in [3.63, 3.8) is 0 Å². The Balaban J connectivity index is 1.82. The van der Waals surface area contributed by atoms with Crippen molar-refractivity contribution >= 4 is 17.5 Å². The zero-order valence-electron chi connectivity index (χ0n) is 9.15. The fraction of sp³-hybridized carbons (Fsp3) is 0.417. The van der Waals surface area contributed by atoms with Crippen molar-refractivity contribution in [3.8, 4) is 5.75 Å². The summed E-state index contributed by atoms with van der Waals surface area (Å²) < 4.78 is 5.37. The van der Waals surface area contributed by atoms with Crippen molar-refractivity contribution in [2.24, 2.45) is 0 Å². The van der Waals surface area contributed by atoms with E-state index in [0.29, 0.717) is 16.8 Å². The Labute approximate surface area is 100.0 Å². The molecule has 1 aliphatic rings. The van der Waals surface area contributed by atoms with Gasteiger partial charge < -0.3 is 9.64 Å². The molecule has 0 aliphatic heterocycles. The number of carbonyl (C=O) groups excluding carboxylic acids is 1. The predicted molar refractivity (Wildman–Crippen MR) is 62.7 cm³/mol. The Morgan fingerprint density at radius 2 is 2.06 bits per heavy atom. The summed E-state index contributed by atoms with van der Waals surface area (Å²) in [6.07, 6.45) is 2.23. The van der Waals surface area contributed by atoms with Crippen LogP contribution in [0, 0.1) is 0 Å². The van der Waals surface area contributed by atoms with Crippen molar-refractivity contribution in [3.05, 3.63) is 29.3 Å². The lowest BCUT2D eigenvalue weighted by Gasteiger charge is -2.16. The van der Waals surface area contributed by atoms with E-state index in [1.165, 1.54) is 0 Å². The van der Waals surface area contributed by atoms with Gasteiger partial charge in [0.2, 0.25) is 0 Å². The molecule has 1 amide bonds. The number of amides is 1. The number of hydrogen-bond donors (Lipinski definition) is 0. The van der Waals surface area contributed by atoms with Crippen LogP contribution in [0.15, 0.2) is 24.3 Å². The zero-order valence-corrected chi connectivity index (χ0v) is 9.91. The van der Waals surface area contributed by atoms with Crippen LogP contribution in [0.25, 0.3) is 0 Å². The quantitative estimate of drug-likeness (QED) is 0.807. The van der Waals surface area contributed by atoms with Crippen molar-refractivity contribution in [1.82, 2.24) is 4.90 Å². The van der Waals surface area contributed by atoms with Crippen molar-refractivity contribution in [1.29, 1.82) is 0 Å². The van der Waals surface area contributed by atoms with E-state index >= 15 is 0 Å². The largest absolute Gasteiger partial charge is 0.484 e. The van der Waals surface area contributed by atoms with Gasteiger partial charge in [-0.3, -0.25) is 4.79 Å². The molecule has 1 aliphatic carbocycles. The van der Waals surface area contributed by atoms with Gasteiger partial charge in [0.05, 0.1) is 0 Å². The van der Waals surface area contributed by atoms with Crippen LogP contribution in [0.2, 0.25) is 5.02 Å². The van der Waals surface area contributed by atoms with E-state index in [9.17, 15) is 4.79 Å². The normalized spacial score (nSPS) is 14.6. The lowest BCUT2D eigenvalue weighted by Crippen LogP contribution is -2.33. The summed E-state index contributed by atoms with van der Waals surface area (Å²) in [4.78, 5) is 13.4. The molecule has 16 heavy (non-hydrogen) atoms. The lowest BCUT2D eigenvalue weighted by molar-refractivity contribution is -0.132. The van der Waals surface area contributed by atoms with E-state index in [2.05, 4.69) is 0 Å². The number of rotatable bonds is 4. The molecule has 1 saturated carbocycles. The van der Waals surface area contributed by atoms with Crippen LogP contribution < -0.4 is 4.74 Å². The SMILES string of the molecule is CN(C(=O)COc1ccc(Cl)cc1)C1CC1. The van der Waals surface area contributed by atoms with E-state index in [4.69, 9.17) is 16.3 Å². The minimum atomic E-state index is 0.0254. The molecule has 1 fully saturated rings. The molecule has 0 atom stereocenters. The van der Waals surface area contributed by atoms with Crippen LogP contribution in [0.1, 0.15) is 12.8 Å². The summed E-state index contributed by atoms with van der Waals surface area (Å²) in [5, 5.41) is 0.661. The molecule has 4 heteroatoms. The number of carbonyl (C=O) groups is 1. The Kier molecular flexibility index (Phi) is 3.34. The highest BCUT2D eigenvalue weighted by Gasteiger charge is 2.29. The number of halogens is 1. The number of likely N-dealkylation sites (N-methyl/N-ethyl adjacent to an activating group) is 1. The maximum absolute atomic E-state index is 11.6. The number of ether oxygens (including phenoxy) is 1. The minimum absolute atomic E-state index is 0.0254. The Morgan fingerprint density at radius 3 is 2.62 bits per heavy atom. The second-order valence-electron chi connectivity index (χ2n) is 3.98. The first-order chi connectivity index (χ1) is 7.66. The van der Waals surface area contributed by atoms with Crippen LogP contribution in [0.3, 0.4) is 0 Å². The van der Waals surface area contributed by atoms with E-state index < -0.39 is 0 Å². The monoisotopic (exact) mass is 239 g/mol. The van der Waals surface area contributed by atoms with Crippen molar-refractivity contribution < 1.29 is 9.53 Å². The maximum Gasteiger partial charge on any atom is 0.260 e. The highest BCUT2D eigenvalue weighted by atomic mass is 35.5. The standard InChI is InChI=1S/C12H14ClNO2/c1-14(10-4-5-10)12(15)8-16-11-6-2-9(13)3-7-11/h2-3,6-7,10H,4-5,8H2,1H3. The first-order valence-electron chi connectivity index (χ1n) is 5.31. The topological polar surface area (TPSA) is 29.5 Å². The molecule has 0 spiro atoms. The van der Waals surface area contributed by atoms with E-state index in [0.717, 1.165) is 12.8 Å². The summed E-state index contributed by atoms with van der Waals surface area (Å²) in [6, 6.07) is 7.43. The fourth-order valence-corrected chi connectivity index (χ4v) is 1.57. The van der Waals surface area contributed by atoms with Gasteiger partial charge in [0.25, 0.3) is 5.91 Å². The average molecular weight is 240 g/mol. The van der Waals surface area contributed by atoms with Crippen molar-refractivity contribution in [2.45, 2.75) is 18.9 Å². The molecule has 0 saturated heterocycles. The molecule has 0 unspecified atom stereocenters. The molecule has 86 valence electrons. The molecule has 0 radical (unpaired) electrons. The Hall–Kier alpha value is -1.22. The van der Waals surface area contributed by atoms with E-state index in [1.54, 1.807) is 29.2 Å². The summed E-state index contributed by atoms with van der Waals surface area (Å²) in [7, 11) is 1.82. The number of hydrogen-bond acceptors (Lipinski definition) is 2. The molecule has 2 rings (SSSR count). The van der Waals surface area contributed by atoms with Gasteiger partial charge in [-0.2, -0.15) is 0 Å². The molecule has 0 N–H and O–H groups in total. The van der Waals surface area contributed by atoms with Gasteiger partial charge in [-0.15, -0.1) is 0 Å². The third-order valence-corrected chi connectivity index (χ3v) is 2.92. The summed E-state index contributed by atoms with van der Waals surface area (Å²) >= 11 is 5.74. The summed E-state index contributed by atoms with van der Waals surface area (Å²) in [6.45, 7) is 0.0919. The van der Waals surface area contributed by atoms with Crippen molar-refractivity contribution in [2.75, 3.05) is 13.7 Å². The van der Waals surface area contributed by atoms with Gasteiger partial charge >= 0.3 is 0 Å². The molecule has 0 heterocycles. The van der Waals surface area contributed by atoms with Gasteiger partial charge in [-0.05, 0) is 37.1 Å². The van der Waals surface area contributed by atoms with Crippen LogP contribution in [-0.4, -0.2) is 30.5 Å². The zero-order chi connectivity index (χ0) is 11.5. The third-order valence-electron chi connectivity index (χ3n) is 2.66. The predicted octanol–water partition coefficient (Wildman–Crippen LogP) is 2.34. The van der Waals surface area contributed by atoms with Crippen LogP contribution in [0.4, 0.5) is 0 Å². The van der Waals surface area contributed by atoms with E-state index in [-0.39, 0.29) is 12.5 Å². The number of nitrogens with zero attached hydrogens (tertiary/aromatic N) is 1. The minimum Gasteiger partial charge on any atom is -0.484 e. The lowest BCUT2D eigenvalue weighted by atomic mass is 10.3. The highest BCUT2D eigenvalue weighted by molar-refractivity contribution is 6.30. The fourth-order valence-electron chi connectivity index (χ4n) is 1.44. The van der Waals surface area contributed by atoms with Crippen LogP contribution in [0.5, 0.6) is 5.75 Å². The first kappa shape index (κ1) is 11.3. The molecule has 0 bridgehead atoms. The van der Waals surface area contributed by atoms with Gasteiger partial charge in [-0.25, -0.2) is 0 Å².